The van der Waals surface area contributed by atoms with Crippen molar-refractivity contribution in [1.82, 2.24) is 15.5 Å². The second-order valence-electron chi connectivity index (χ2n) is 4.65. The number of anilines is 1. The summed E-state index contributed by atoms with van der Waals surface area (Å²) in [6, 6.07) is 6.04. The van der Waals surface area contributed by atoms with Crippen LogP contribution < -0.4 is 10.6 Å². The Hall–Kier alpha value is -1.93. The molecule has 23 heavy (non-hydrogen) atoms. The van der Waals surface area contributed by atoms with Crippen molar-refractivity contribution in [2.75, 3.05) is 11.9 Å². The van der Waals surface area contributed by atoms with E-state index >= 15 is 0 Å². The van der Waals surface area contributed by atoms with Crippen LogP contribution >= 0.6 is 23.1 Å². The quantitative estimate of drug-likeness (QED) is 0.564. The van der Waals surface area contributed by atoms with E-state index in [1.165, 1.54) is 35.2 Å². The Morgan fingerprint density at radius 2 is 2.17 bits per heavy atom. The lowest BCUT2D eigenvalue weighted by Gasteiger charge is -2.10. The standard InChI is InChI=1S/C15H17FN4OS2/c1-3-8-17-14-19-20-15(23-14)22-10(2)13(21)18-9-11-4-6-12(16)7-5-11/h3-7,10H,1,8-9H2,2H3,(H,17,19)(H,18,21). The van der Waals surface area contributed by atoms with Crippen LogP contribution in [-0.4, -0.2) is 27.9 Å². The number of amides is 1. The molecule has 0 spiro atoms. The summed E-state index contributed by atoms with van der Waals surface area (Å²) in [6.45, 7) is 6.41. The van der Waals surface area contributed by atoms with Crippen molar-refractivity contribution in [3.05, 3.63) is 48.3 Å². The second-order valence-corrected chi connectivity index (χ2v) is 7.21. The van der Waals surface area contributed by atoms with Gasteiger partial charge < -0.3 is 10.6 Å². The van der Waals surface area contributed by atoms with Crippen LogP contribution in [0.4, 0.5) is 9.52 Å². The highest BCUT2D eigenvalue weighted by Crippen LogP contribution is 2.28. The molecule has 1 aromatic carbocycles. The number of hydrogen-bond donors (Lipinski definition) is 2. The molecule has 5 nitrogen and oxygen atoms in total. The maximum absolute atomic E-state index is 12.8. The van der Waals surface area contributed by atoms with Crippen molar-refractivity contribution >= 4 is 34.1 Å². The van der Waals surface area contributed by atoms with Crippen molar-refractivity contribution in [1.29, 1.82) is 0 Å². The van der Waals surface area contributed by atoms with Gasteiger partial charge in [0.25, 0.3) is 0 Å². The Kier molecular flexibility index (Phi) is 6.54. The molecule has 0 aliphatic heterocycles. The predicted molar refractivity (Wildman–Crippen MR) is 92.2 cm³/mol. The monoisotopic (exact) mass is 352 g/mol. The fourth-order valence-corrected chi connectivity index (χ4v) is 3.56. The first kappa shape index (κ1) is 17.4. The molecule has 8 heteroatoms. The maximum atomic E-state index is 12.8. The summed E-state index contributed by atoms with van der Waals surface area (Å²) in [7, 11) is 0. The predicted octanol–water partition coefficient (Wildman–Crippen LogP) is 3.07. The molecular formula is C15H17FN4OS2. The van der Waals surface area contributed by atoms with Crippen LogP contribution in [0, 0.1) is 5.82 Å². The summed E-state index contributed by atoms with van der Waals surface area (Å²) in [4.78, 5) is 12.1. The van der Waals surface area contributed by atoms with E-state index in [4.69, 9.17) is 0 Å². The molecule has 0 saturated heterocycles. The molecule has 0 saturated carbocycles. The van der Waals surface area contributed by atoms with Crippen LogP contribution in [0.5, 0.6) is 0 Å². The molecule has 122 valence electrons. The summed E-state index contributed by atoms with van der Waals surface area (Å²) >= 11 is 2.75. The molecule has 1 atom stereocenters. The number of benzene rings is 1. The number of aromatic nitrogens is 2. The Labute approximate surface area is 142 Å². The largest absolute Gasteiger partial charge is 0.357 e. The number of rotatable bonds is 8. The number of nitrogens with one attached hydrogen (secondary N) is 2. The van der Waals surface area contributed by atoms with Gasteiger partial charge in [-0.05, 0) is 24.6 Å². The van der Waals surface area contributed by atoms with Crippen molar-refractivity contribution < 1.29 is 9.18 Å². The average Bonchev–Trinajstić information content (AvgIpc) is 2.99. The zero-order valence-corrected chi connectivity index (χ0v) is 14.2. The van der Waals surface area contributed by atoms with E-state index in [0.717, 1.165) is 9.90 Å². The third-order valence-corrected chi connectivity index (χ3v) is 4.90. The zero-order chi connectivity index (χ0) is 16.7. The number of halogens is 1. The lowest BCUT2D eigenvalue weighted by atomic mass is 10.2. The van der Waals surface area contributed by atoms with Crippen molar-refractivity contribution in [3.63, 3.8) is 0 Å². The van der Waals surface area contributed by atoms with Gasteiger partial charge in [0.05, 0.1) is 5.25 Å². The van der Waals surface area contributed by atoms with Gasteiger partial charge in [-0.15, -0.1) is 16.8 Å². The molecular weight excluding hydrogens is 335 g/mol. The van der Waals surface area contributed by atoms with Gasteiger partial charge in [0, 0.05) is 13.1 Å². The molecule has 2 rings (SSSR count). The first-order valence-electron chi connectivity index (χ1n) is 6.95. The smallest absolute Gasteiger partial charge is 0.233 e. The van der Waals surface area contributed by atoms with E-state index in [9.17, 15) is 9.18 Å². The van der Waals surface area contributed by atoms with E-state index in [1.54, 1.807) is 18.2 Å². The highest BCUT2D eigenvalue weighted by molar-refractivity contribution is 8.02. The first-order chi connectivity index (χ1) is 11.1. The average molecular weight is 352 g/mol. The number of thioether (sulfide) groups is 1. The SMILES string of the molecule is C=CCNc1nnc(SC(C)C(=O)NCc2ccc(F)cc2)s1. The Morgan fingerprint density at radius 3 is 2.87 bits per heavy atom. The molecule has 0 aliphatic rings. The molecule has 0 bridgehead atoms. The van der Waals surface area contributed by atoms with Crippen LogP contribution in [0.2, 0.25) is 0 Å². The zero-order valence-electron chi connectivity index (χ0n) is 12.6. The minimum Gasteiger partial charge on any atom is -0.357 e. The van der Waals surface area contributed by atoms with Crippen molar-refractivity contribution in [3.8, 4) is 0 Å². The van der Waals surface area contributed by atoms with Crippen LogP contribution in [0.1, 0.15) is 12.5 Å². The normalized spacial score (nSPS) is 11.7. The summed E-state index contributed by atoms with van der Waals surface area (Å²) in [6.07, 6.45) is 1.74. The molecule has 0 aliphatic carbocycles. The minimum atomic E-state index is -0.296. The Bertz CT molecular complexity index is 660. The van der Waals surface area contributed by atoms with Gasteiger partial charge in [-0.1, -0.05) is 41.3 Å². The van der Waals surface area contributed by atoms with Crippen molar-refractivity contribution in [2.45, 2.75) is 23.1 Å². The van der Waals surface area contributed by atoms with Gasteiger partial charge in [0.2, 0.25) is 11.0 Å². The van der Waals surface area contributed by atoms with E-state index in [-0.39, 0.29) is 17.0 Å². The molecule has 1 unspecified atom stereocenters. The number of carbonyl (C=O) groups excluding carboxylic acids is 1. The molecule has 2 N–H and O–H groups in total. The highest BCUT2D eigenvalue weighted by Gasteiger charge is 2.16. The second kappa shape index (κ2) is 8.64. The minimum absolute atomic E-state index is 0.102. The van der Waals surface area contributed by atoms with Crippen LogP contribution in [-0.2, 0) is 11.3 Å². The number of nitrogens with zero attached hydrogens (tertiary/aromatic N) is 2. The Morgan fingerprint density at radius 1 is 1.43 bits per heavy atom. The molecule has 1 amide bonds. The molecule has 1 aromatic heterocycles. The first-order valence-corrected chi connectivity index (χ1v) is 8.65. The highest BCUT2D eigenvalue weighted by atomic mass is 32.2. The van der Waals surface area contributed by atoms with Crippen molar-refractivity contribution in [2.24, 2.45) is 0 Å². The lowest BCUT2D eigenvalue weighted by Crippen LogP contribution is -2.30. The fourth-order valence-electron chi connectivity index (χ4n) is 1.63. The third-order valence-electron chi connectivity index (χ3n) is 2.83. The fraction of sp³-hybridized carbons (Fsp3) is 0.267. The lowest BCUT2D eigenvalue weighted by molar-refractivity contribution is -0.120. The topological polar surface area (TPSA) is 66.9 Å². The molecule has 2 aromatic rings. The maximum Gasteiger partial charge on any atom is 0.233 e. The van der Waals surface area contributed by atoms with Gasteiger partial charge >= 0.3 is 0 Å². The van der Waals surface area contributed by atoms with Crippen LogP contribution in [0.25, 0.3) is 0 Å². The molecule has 0 fully saturated rings. The van der Waals surface area contributed by atoms with E-state index in [1.807, 2.05) is 6.92 Å². The summed E-state index contributed by atoms with van der Waals surface area (Å²) in [5, 5.41) is 14.3. The van der Waals surface area contributed by atoms with Gasteiger partial charge in [-0.3, -0.25) is 4.79 Å². The molecule has 0 radical (unpaired) electrons. The van der Waals surface area contributed by atoms with Gasteiger partial charge in [0.15, 0.2) is 4.34 Å². The van der Waals surface area contributed by atoms with Gasteiger partial charge in [0.1, 0.15) is 5.82 Å². The van der Waals surface area contributed by atoms with E-state index < -0.39 is 0 Å². The van der Waals surface area contributed by atoms with Gasteiger partial charge in [-0.25, -0.2) is 4.39 Å². The van der Waals surface area contributed by atoms with E-state index in [0.29, 0.717) is 18.2 Å². The summed E-state index contributed by atoms with van der Waals surface area (Å²) in [5.74, 6) is -0.392. The number of hydrogen-bond acceptors (Lipinski definition) is 6. The van der Waals surface area contributed by atoms with Crippen LogP contribution in [0.15, 0.2) is 41.3 Å². The summed E-state index contributed by atoms with van der Waals surface area (Å²) < 4.78 is 13.5. The third kappa shape index (κ3) is 5.65. The van der Waals surface area contributed by atoms with E-state index in [2.05, 4.69) is 27.4 Å². The van der Waals surface area contributed by atoms with Crippen LogP contribution in [0.3, 0.4) is 0 Å². The number of carbonyl (C=O) groups is 1. The summed E-state index contributed by atoms with van der Waals surface area (Å²) in [5.41, 5.74) is 0.851. The van der Waals surface area contributed by atoms with Gasteiger partial charge in [-0.2, -0.15) is 0 Å². The Balaban J connectivity index is 1.81. The molecule has 1 heterocycles.